The molecule has 0 bridgehead atoms. The predicted octanol–water partition coefficient (Wildman–Crippen LogP) is -0.413. The minimum Gasteiger partial charge on any atom is -0.496 e. The Kier molecular flexibility index (Phi) is 4.73. The summed E-state index contributed by atoms with van der Waals surface area (Å²) in [5, 5.41) is 12.3. The zero-order chi connectivity index (χ0) is 17.3. The summed E-state index contributed by atoms with van der Waals surface area (Å²) in [5.74, 6) is 0.412. The van der Waals surface area contributed by atoms with Gasteiger partial charge in [-0.05, 0) is 13.0 Å². The van der Waals surface area contributed by atoms with E-state index in [-0.39, 0.29) is 11.8 Å². The van der Waals surface area contributed by atoms with Crippen molar-refractivity contribution in [2.75, 3.05) is 26.7 Å². The van der Waals surface area contributed by atoms with Gasteiger partial charge in [0, 0.05) is 31.7 Å². The van der Waals surface area contributed by atoms with Crippen molar-refractivity contribution >= 4 is 11.8 Å². The molecule has 2 N–H and O–H groups in total. The number of ether oxygens (including phenoxy) is 1. The van der Waals surface area contributed by atoms with Crippen molar-refractivity contribution < 1.29 is 19.4 Å². The molecule has 24 heavy (non-hydrogen) atoms. The van der Waals surface area contributed by atoms with Crippen molar-refractivity contribution in [2.45, 2.75) is 31.7 Å². The number of para-hydroxylation sites is 1. The second-order valence-electron chi connectivity index (χ2n) is 6.32. The maximum atomic E-state index is 12.4. The molecule has 2 aliphatic heterocycles. The van der Waals surface area contributed by atoms with Gasteiger partial charge in [-0.2, -0.15) is 0 Å². The number of aliphatic hydroxyl groups excluding tert-OH is 1. The van der Waals surface area contributed by atoms with Crippen molar-refractivity contribution in [3.63, 3.8) is 0 Å². The van der Waals surface area contributed by atoms with Crippen molar-refractivity contribution in [3.05, 3.63) is 29.8 Å². The summed E-state index contributed by atoms with van der Waals surface area (Å²) in [6.07, 6.45) is -0.894. The van der Waals surface area contributed by atoms with E-state index in [9.17, 15) is 14.7 Å². The number of rotatable bonds is 4. The molecule has 0 aliphatic carbocycles. The molecule has 2 saturated heterocycles. The molecule has 1 aromatic carbocycles. The lowest BCUT2D eigenvalue weighted by molar-refractivity contribution is -0.156. The number of hydrogen-bond donors (Lipinski definition) is 2. The zero-order valence-corrected chi connectivity index (χ0v) is 13.9. The van der Waals surface area contributed by atoms with Crippen LogP contribution in [-0.4, -0.2) is 71.7 Å². The fourth-order valence-electron chi connectivity index (χ4n) is 3.36. The number of aliphatic hydroxyl groups is 1. The van der Waals surface area contributed by atoms with Crippen LogP contribution < -0.4 is 10.1 Å². The Morgan fingerprint density at radius 2 is 2.08 bits per heavy atom. The maximum Gasteiger partial charge on any atom is 0.248 e. The van der Waals surface area contributed by atoms with Crippen LogP contribution in [0.15, 0.2) is 24.3 Å². The summed E-state index contributed by atoms with van der Waals surface area (Å²) < 4.78 is 5.37. The second-order valence-corrected chi connectivity index (χ2v) is 6.32. The summed E-state index contributed by atoms with van der Waals surface area (Å²) in [6, 6.07) is 6.45. The SMILES string of the molecule is COc1ccccc1CN1CCN2C(=O)[C@@H]([C@H](C)O)NC(=O)[C@H]2C1. The second kappa shape index (κ2) is 6.78. The highest BCUT2D eigenvalue weighted by atomic mass is 16.5. The summed E-state index contributed by atoms with van der Waals surface area (Å²) in [4.78, 5) is 28.5. The van der Waals surface area contributed by atoms with Gasteiger partial charge in [-0.25, -0.2) is 0 Å². The van der Waals surface area contributed by atoms with Gasteiger partial charge in [-0.1, -0.05) is 18.2 Å². The third-order valence-electron chi connectivity index (χ3n) is 4.68. The molecular weight excluding hydrogens is 310 g/mol. The first-order chi connectivity index (χ1) is 11.5. The van der Waals surface area contributed by atoms with E-state index in [1.165, 1.54) is 6.92 Å². The molecular formula is C17H23N3O4. The topological polar surface area (TPSA) is 82.1 Å². The number of fused-ring (bicyclic) bond motifs is 1. The molecule has 0 aromatic heterocycles. The largest absolute Gasteiger partial charge is 0.496 e. The monoisotopic (exact) mass is 333 g/mol. The number of nitrogens with one attached hydrogen (secondary N) is 1. The van der Waals surface area contributed by atoms with Crippen LogP contribution in [0.5, 0.6) is 5.75 Å². The normalized spacial score (nSPS) is 25.9. The highest BCUT2D eigenvalue weighted by Gasteiger charge is 2.44. The van der Waals surface area contributed by atoms with Gasteiger partial charge >= 0.3 is 0 Å². The molecule has 0 saturated carbocycles. The molecule has 2 fully saturated rings. The average Bonchev–Trinajstić information content (AvgIpc) is 2.58. The van der Waals surface area contributed by atoms with E-state index in [0.29, 0.717) is 26.2 Å². The van der Waals surface area contributed by atoms with Gasteiger partial charge in [0.2, 0.25) is 11.8 Å². The van der Waals surface area contributed by atoms with Gasteiger partial charge < -0.3 is 20.1 Å². The summed E-state index contributed by atoms with van der Waals surface area (Å²) in [5.41, 5.74) is 1.05. The third kappa shape index (κ3) is 3.09. The van der Waals surface area contributed by atoms with E-state index in [4.69, 9.17) is 4.74 Å². The number of hydrogen-bond acceptors (Lipinski definition) is 5. The van der Waals surface area contributed by atoms with Crippen molar-refractivity contribution in [1.82, 2.24) is 15.1 Å². The van der Waals surface area contributed by atoms with Gasteiger partial charge in [0.05, 0.1) is 13.2 Å². The van der Waals surface area contributed by atoms with E-state index in [1.807, 2.05) is 24.3 Å². The van der Waals surface area contributed by atoms with E-state index >= 15 is 0 Å². The van der Waals surface area contributed by atoms with Gasteiger partial charge in [0.25, 0.3) is 0 Å². The Bertz CT molecular complexity index is 634. The number of piperazine rings is 2. The van der Waals surface area contributed by atoms with Crippen LogP contribution in [0.4, 0.5) is 0 Å². The summed E-state index contributed by atoms with van der Waals surface area (Å²) >= 11 is 0. The van der Waals surface area contributed by atoms with E-state index in [2.05, 4.69) is 10.2 Å². The van der Waals surface area contributed by atoms with Gasteiger partial charge in [-0.15, -0.1) is 0 Å². The lowest BCUT2D eigenvalue weighted by Crippen LogP contribution is -2.70. The fourth-order valence-corrected chi connectivity index (χ4v) is 3.36. The first-order valence-electron chi connectivity index (χ1n) is 8.14. The lowest BCUT2D eigenvalue weighted by atomic mass is 10.0. The van der Waals surface area contributed by atoms with Crippen LogP contribution in [0.1, 0.15) is 12.5 Å². The number of nitrogens with zero attached hydrogens (tertiary/aromatic N) is 2. The van der Waals surface area contributed by atoms with E-state index in [1.54, 1.807) is 12.0 Å². The van der Waals surface area contributed by atoms with Crippen molar-refractivity contribution in [1.29, 1.82) is 0 Å². The minimum atomic E-state index is -0.894. The molecule has 2 aliphatic rings. The van der Waals surface area contributed by atoms with Crippen molar-refractivity contribution in [3.8, 4) is 5.75 Å². The molecule has 7 heteroatoms. The quantitative estimate of drug-likeness (QED) is 0.783. The third-order valence-corrected chi connectivity index (χ3v) is 4.68. The number of carbonyl (C=O) groups excluding carboxylic acids is 2. The Labute approximate surface area is 141 Å². The van der Waals surface area contributed by atoms with Crippen LogP contribution in [0, 0.1) is 0 Å². The average molecular weight is 333 g/mol. The highest BCUT2D eigenvalue weighted by molar-refractivity contribution is 5.97. The Hall–Kier alpha value is -2.12. The Balaban J connectivity index is 1.71. The van der Waals surface area contributed by atoms with E-state index in [0.717, 1.165) is 11.3 Å². The first kappa shape index (κ1) is 16.7. The molecule has 130 valence electrons. The minimum absolute atomic E-state index is 0.202. The standard InChI is InChI=1S/C17H23N3O4/c1-11(21)15-17(23)20-8-7-19(10-13(20)16(22)18-15)9-12-5-3-4-6-14(12)24-2/h3-6,11,13,15,21H,7-10H2,1-2H3,(H,18,22)/t11-,13+,15+/m0/s1. The molecule has 0 spiro atoms. The number of amides is 2. The molecule has 3 rings (SSSR count). The van der Waals surface area contributed by atoms with Gasteiger partial charge in [0.15, 0.2) is 0 Å². The first-order valence-corrected chi connectivity index (χ1v) is 8.14. The van der Waals surface area contributed by atoms with Gasteiger partial charge in [-0.3, -0.25) is 14.5 Å². The molecule has 3 atom stereocenters. The summed E-state index contributed by atoms with van der Waals surface area (Å²) in [6.45, 7) is 3.81. The number of methoxy groups -OCH3 is 1. The predicted molar refractivity (Wildman–Crippen MR) is 87.4 cm³/mol. The van der Waals surface area contributed by atoms with Crippen LogP contribution in [0.25, 0.3) is 0 Å². The Morgan fingerprint density at radius 3 is 2.79 bits per heavy atom. The number of carbonyl (C=O) groups is 2. The maximum absolute atomic E-state index is 12.4. The smallest absolute Gasteiger partial charge is 0.248 e. The van der Waals surface area contributed by atoms with Crippen LogP contribution in [0.2, 0.25) is 0 Å². The van der Waals surface area contributed by atoms with Crippen molar-refractivity contribution in [2.24, 2.45) is 0 Å². The van der Waals surface area contributed by atoms with Crippen LogP contribution in [-0.2, 0) is 16.1 Å². The number of benzene rings is 1. The molecule has 0 radical (unpaired) electrons. The molecule has 1 aromatic rings. The van der Waals surface area contributed by atoms with Crippen LogP contribution in [0.3, 0.4) is 0 Å². The lowest BCUT2D eigenvalue weighted by Gasteiger charge is -2.45. The summed E-state index contributed by atoms with van der Waals surface area (Å²) in [7, 11) is 1.64. The van der Waals surface area contributed by atoms with Gasteiger partial charge in [0.1, 0.15) is 17.8 Å². The molecule has 2 heterocycles. The molecule has 0 unspecified atom stereocenters. The fraction of sp³-hybridized carbons (Fsp3) is 0.529. The molecule has 7 nitrogen and oxygen atoms in total. The Morgan fingerprint density at radius 1 is 1.33 bits per heavy atom. The zero-order valence-electron chi connectivity index (χ0n) is 13.9. The molecule has 2 amide bonds. The van der Waals surface area contributed by atoms with E-state index < -0.39 is 18.2 Å². The highest BCUT2D eigenvalue weighted by Crippen LogP contribution is 2.23. The van der Waals surface area contributed by atoms with Crippen LogP contribution >= 0.6 is 0 Å².